The molecule has 1 aromatic heterocycles. The van der Waals surface area contributed by atoms with Crippen molar-refractivity contribution in [2.75, 3.05) is 7.05 Å². The van der Waals surface area contributed by atoms with Gasteiger partial charge in [0, 0.05) is 30.5 Å². The van der Waals surface area contributed by atoms with Crippen molar-refractivity contribution in [2.45, 2.75) is 6.54 Å². The number of amides is 1. The van der Waals surface area contributed by atoms with E-state index in [0.717, 1.165) is 10.0 Å². The highest BCUT2D eigenvalue weighted by atomic mass is 79.9. The molecule has 5 heteroatoms. The summed E-state index contributed by atoms with van der Waals surface area (Å²) in [5, 5.41) is 8.83. The van der Waals surface area contributed by atoms with Gasteiger partial charge in [-0.25, -0.2) is 0 Å². The average Bonchev–Trinajstić information content (AvgIpc) is 2.48. The van der Waals surface area contributed by atoms with E-state index in [0.29, 0.717) is 17.7 Å². The summed E-state index contributed by atoms with van der Waals surface area (Å²) in [5.41, 5.74) is 1.82. The van der Waals surface area contributed by atoms with Gasteiger partial charge in [-0.3, -0.25) is 9.78 Å². The number of carbonyl (C=O) groups excluding carboxylic acids is 1. The van der Waals surface area contributed by atoms with E-state index in [-0.39, 0.29) is 5.91 Å². The molecule has 0 N–H and O–H groups in total. The summed E-state index contributed by atoms with van der Waals surface area (Å²) in [4.78, 5) is 17.8. The number of hydrogen-bond donors (Lipinski definition) is 0. The van der Waals surface area contributed by atoms with Crippen molar-refractivity contribution in [3.8, 4) is 6.07 Å². The molecule has 0 atom stereocenters. The lowest BCUT2D eigenvalue weighted by molar-refractivity contribution is 0.0784. The maximum absolute atomic E-state index is 12.3. The van der Waals surface area contributed by atoms with Gasteiger partial charge >= 0.3 is 0 Å². The third-order valence-corrected chi connectivity index (χ3v) is 3.60. The molecule has 0 aliphatic heterocycles. The first kappa shape index (κ1) is 14.2. The normalized spacial score (nSPS) is 9.85. The molecular formula is C15H12BrN3O. The fourth-order valence-corrected chi connectivity index (χ4v) is 2.20. The summed E-state index contributed by atoms with van der Waals surface area (Å²) in [5.74, 6) is -0.162. The fraction of sp³-hybridized carbons (Fsp3) is 0.133. The minimum atomic E-state index is -0.162. The molecule has 0 saturated carbocycles. The van der Waals surface area contributed by atoms with Crippen LogP contribution >= 0.6 is 15.9 Å². The van der Waals surface area contributed by atoms with Gasteiger partial charge in [0.05, 0.1) is 11.1 Å². The second-order valence-electron chi connectivity index (χ2n) is 4.33. The Morgan fingerprint density at radius 2 is 2.15 bits per heavy atom. The Kier molecular flexibility index (Phi) is 4.49. The van der Waals surface area contributed by atoms with Crippen molar-refractivity contribution >= 4 is 21.8 Å². The van der Waals surface area contributed by atoms with Crippen LogP contribution in [0.5, 0.6) is 0 Å². The maximum Gasteiger partial charge on any atom is 0.255 e. The van der Waals surface area contributed by atoms with Crippen molar-refractivity contribution in [2.24, 2.45) is 0 Å². The Balaban J connectivity index is 2.17. The lowest BCUT2D eigenvalue weighted by Crippen LogP contribution is -2.26. The Hall–Kier alpha value is -2.19. The zero-order valence-corrected chi connectivity index (χ0v) is 12.5. The van der Waals surface area contributed by atoms with E-state index < -0.39 is 0 Å². The van der Waals surface area contributed by atoms with Crippen LogP contribution in [0, 0.1) is 11.3 Å². The summed E-state index contributed by atoms with van der Waals surface area (Å²) in [6.45, 7) is 0.483. The lowest BCUT2D eigenvalue weighted by Gasteiger charge is -2.18. The quantitative estimate of drug-likeness (QED) is 0.869. The van der Waals surface area contributed by atoms with Crippen LogP contribution < -0.4 is 0 Å². The van der Waals surface area contributed by atoms with Crippen LogP contribution in [-0.4, -0.2) is 22.8 Å². The summed E-state index contributed by atoms with van der Waals surface area (Å²) in [6, 6.07) is 11.3. The van der Waals surface area contributed by atoms with Crippen LogP contribution in [0.3, 0.4) is 0 Å². The number of pyridine rings is 1. The molecule has 0 fully saturated rings. The van der Waals surface area contributed by atoms with Gasteiger partial charge in [-0.1, -0.05) is 34.1 Å². The number of aromatic nitrogens is 1. The van der Waals surface area contributed by atoms with Gasteiger partial charge in [0.2, 0.25) is 0 Å². The number of benzene rings is 1. The van der Waals surface area contributed by atoms with Crippen LogP contribution in [0.15, 0.2) is 47.2 Å². The van der Waals surface area contributed by atoms with Gasteiger partial charge < -0.3 is 4.90 Å². The molecule has 100 valence electrons. The molecule has 4 nitrogen and oxygen atoms in total. The summed E-state index contributed by atoms with van der Waals surface area (Å²) in [6.07, 6.45) is 2.91. The first-order valence-electron chi connectivity index (χ1n) is 5.96. The van der Waals surface area contributed by atoms with E-state index in [4.69, 9.17) is 5.26 Å². The predicted octanol–water partition coefficient (Wildman–Crippen LogP) is 2.99. The Bertz CT molecular complexity index is 679. The lowest BCUT2D eigenvalue weighted by atomic mass is 10.1. The molecule has 1 aromatic carbocycles. The van der Waals surface area contributed by atoms with E-state index in [9.17, 15) is 4.79 Å². The Labute approximate surface area is 125 Å². The van der Waals surface area contributed by atoms with Crippen molar-refractivity contribution < 1.29 is 4.79 Å². The average molecular weight is 330 g/mol. The van der Waals surface area contributed by atoms with E-state index in [2.05, 4.69) is 20.9 Å². The first-order chi connectivity index (χ1) is 9.61. The van der Waals surface area contributed by atoms with Gasteiger partial charge in [-0.05, 0) is 17.7 Å². The number of nitriles is 1. The van der Waals surface area contributed by atoms with Gasteiger partial charge in [0.1, 0.15) is 6.07 Å². The molecule has 0 unspecified atom stereocenters. The molecule has 0 bridgehead atoms. The molecule has 0 saturated heterocycles. The topological polar surface area (TPSA) is 57.0 Å². The molecule has 1 amide bonds. The van der Waals surface area contributed by atoms with Crippen molar-refractivity contribution in [1.29, 1.82) is 5.26 Å². The van der Waals surface area contributed by atoms with E-state index in [1.54, 1.807) is 18.0 Å². The van der Waals surface area contributed by atoms with E-state index >= 15 is 0 Å². The molecule has 0 radical (unpaired) electrons. The van der Waals surface area contributed by atoms with Crippen LogP contribution in [-0.2, 0) is 6.54 Å². The Morgan fingerprint density at radius 1 is 1.40 bits per heavy atom. The molecular weight excluding hydrogens is 318 g/mol. The third-order valence-electron chi connectivity index (χ3n) is 2.83. The summed E-state index contributed by atoms with van der Waals surface area (Å²) in [7, 11) is 1.72. The zero-order valence-electron chi connectivity index (χ0n) is 10.9. The SMILES string of the molecule is CN(Cc1ccccc1Br)C(=O)c1cncc(C#N)c1. The van der Waals surface area contributed by atoms with Crippen LogP contribution in [0.25, 0.3) is 0 Å². The third kappa shape index (κ3) is 3.22. The molecule has 2 aromatic rings. The number of carbonyl (C=O) groups is 1. The highest BCUT2D eigenvalue weighted by molar-refractivity contribution is 9.10. The Morgan fingerprint density at radius 3 is 2.85 bits per heavy atom. The first-order valence-corrected chi connectivity index (χ1v) is 6.75. The molecule has 0 aliphatic rings. The molecule has 0 aliphatic carbocycles. The predicted molar refractivity (Wildman–Crippen MR) is 78.9 cm³/mol. The maximum atomic E-state index is 12.3. The number of halogens is 1. The zero-order chi connectivity index (χ0) is 14.5. The summed E-state index contributed by atoms with van der Waals surface area (Å²) < 4.78 is 0.962. The van der Waals surface area contributed by atoms with Crippen LogP contribution in [0.2, 0.25) is 0 Å². The standard InChI is InChI=1S/C15H12BrN3O/c1-19(10-12-4-2-3-5-14(12)16)15(20)13-6-11(7-17)8-18-9-13/h2-6,8-9H,10H2,1H3. The van der Waals surface area contributed by atoms with Crippen molar-refractivity contribution in [3.63, 3.8) is 0 Å². The molecule has 1 heterocycles. The number of nitrogens with zero attached hydrogens (tertiary/aromatic N) is 3. The second-order valence-corrected chi connectivity index (χ2v) is 5.18. The van der Waals surface area contributed by atoms with Crippen molar-refractivity contribution in [1.82, 2.24) is 9.88 Å². The highest BCUT2D eigenvalue weighted by Crippen LogP contribution is 2.18. The highest BCUT2D eigenvalue weighted by Gasteiger charge is 2.14. The minimum absolute atomic E-state index is 0.162. The monoisotopic (exact) mass is 329 g/mol. The summed E-state index contributed by atoms with van der Waals surface area (Å²) >= 11 is 3.46. The van der Waals surface area contributed by atoms with Gasteiger partial charge in [0.15, 0.2) is 0 Å². The fourth-order valence-electron chi connectivity index (χ4n) is 1.79. The van der Waals surface area contributed by atoms with Gasteiger partial charge in [-0.2, -0.15) is 5.26 Å². The van der Waals surface area contributed by atoms with Crippen LogP contribution in [0.4, 0.5) is 0 Å². The molecule has 0 spiro atoms. The van der Waals surface area contributed by atoms with Crippen molar-refractivity contribution in [3.05, 3.63) is 63.9 Å². The minimum Gasteiger partial charge on any atom is -0.337 e. The second kappa shape index (κ2) is 6.31. The molecule has 20 heavy (non-hydrogen) atoms. The number of hydrogen-bond acceptors (Lipinski definition) is 3. The molecule has 2 rings (SSSR count). The van der Waals surface area contributed by atoms with E-state index in [1.165, 1.54) is 12.4 Å². The van der Waals surface area contributed by atoms with E-state index in [1.807, 2.05) is 30.3 Å². The number of rotatable bonds is 3. The largest absolute Gasteiger partial charge is 0.337 e. The van der Waals surface area contributed by atoms with Gasteiger partial charge in [-0.15, -0.1) is 0 Å². The van der Waals surface area contributed by atoms with Gasteiger partial charge in [0.25, 0.3) is 5.91 Å². The van der Waals surface area contributed by atoms with Crippen LogP contribution in [0.1, 0.15) is 21.5 Å². The smallest absolute Gasteiger partial charge is 0.255 e.